The zero-order valence-corrected chi connectivity index (χ0v) is 12.4. The van der Waals surface area contributed by atoms with E-state index in [0.717, 1.165) is 5.69 Å². The van der Waals surface area contributed by atoms with Crippen molar-refractivity contribution in [3.8, 4) is 0 Å². The van der Waals surface area contributed by atoms with Crippen LogP contribution in [0.2, 0.25) is 10.3 Å². The molecule has 104 valence electrons. The lowest BCUT2D eigenvalue weighted by molar-refractivity contribution is 0.102. The summed E-state index contributed by atoms with van der Waals surface area (Å²) in [6.07, 6.45) is 1.46. The molecule has 0 fully saturated rings. The molecule has 0 unspecified atom stereocenters. The third-order valence-electron chi connectivity index (χ3n) is 2.51. The number of hydrogen-bond acceptors (Lipinski definition) is 4. The van der Waals surface area contributed by atoms with Gasteiger partial charge in [0.15, 0.2) is 0 Å². The van der Waals surface area contributed by atoms with Crippen molar-refractivity contribution in [2.75, 3.05) is 5.32 Å². The number of anilines is 1. The highest BCUT2D eigenvalue weighted by Crippen LogP contribution is 2.18. The minimum Gasteiger partial charge on any atom is -0.290 e. The maximum absolute atomic E-state index is 12.1. The molecule has 1 N–H and O–H groups in total. The number of rotatable bonds is 3. The molecule has 0 saturated carbocycles. The van der Waals surface area contributed by atoms with Gasteiger partial charge in [0.25, 0.3) is 5.91 Å². The van der Waals surface area contributed by atoms with Gasteiger partial charge in [-0.3, -0.25) is 10.1 Å². The second kappa shape index (κ2) is 6.15. The van der Waals surface area contributed by atoms with Gasteiger partial charge < -0.3 is 0 Å². The molecule has 0 saturated heterocycles. The molecule has 0 aliphatic rings. The molecule has 2 aromatic rings. The summed E-state index contributed by atoms with van der Waals surface area (Å²) in [6, 6.07) is 4.71. The maximum Gasteiger partial charge on any atom is 0.258 e. The summed E-state index contributed by atoms with van der Waals surface area (Å²) < 4.78 is 0. The number of nitrogens with one attached hydrogen (secondary N) is 1. The van der Waals surface area contributed by atoms with Crippen LogP contribution in [0.15, 0.2) is 24.4 Å². The van der Waals surface area contributed by atoms with Crippen LogP contribution in [-0.2, 0) is 0 Å². The summed E-state index contributed by atoms with van der Waals surface area (Å²) in [7, 11) is 0. The highest BCUT2D eigenvalue weighted by atomic mass is 35.5. The van der Waals surface area contributed by atoms with Gasteiger partial charge in [-0.05, 0) is 24.1 Å². The van der Waals surface area contributed by atoms with Gasteiger partial charge in [0.1, 0.15) is 10.3 Å². The van der Waals surface area contributed by atoms with Crippen LogP contribution >= 0.6 is 23.2 Å². The van der Waals surface area contributed by atoms with E-state index >= 15 is 0 Å². The molecule has 0 aliphatic carbocycles. The Kier molecular flexibility index (Phi) is 4.52. The van der Waals surface area contributed by atoms with E-state index in [1.807, 2.05) is 13.8 Å². The van der Waals surface area contributed by atoms with Crippen molar-refractivity contribution in [1.29, 1.82) is 0 Å². The first-order chi connectivity index (χ1) is 9.45. The fourth-order valence-corrected chi connectivity index (χ4v) is 1.87. The van der Waals surface area contributed by atoms with E-state index in [-0.39, 0.29) is 28.1 Å². The average molecular weight is 311 g/mol. The summed E-state index contributed by atoms with van der Waals surface area (Å²) in [5, 5.41) is 3.09. The largest absolute Gasteiger partial charge is 0.290 e. The molecule has 7 heteroatoms. The lowest BCUT2D eigenvalue weighted by Gasteiger charge is -2.08. The Labute approximate surface area is 126 Å². The zero-order chi connectivity index (χ0) is 14.7. The fourth-order valence-electron chi connectivity index (χ4n) is 1.51. The Morgan fingerprint density at radius 2 is 1.95 bits per heavy atom. The van der Waals surface area contributed by atoms with E-state index in [0.29, 0.717) is 5.56 Å². The molecule has 0 spiro atoms. The van der Waals surface area contributed by atoms with Crippen molar-refractivity contribution in [3.05, 3.63) is 46.0 Å². The standard InChI is InChI=1S/C13H12Cl2N4O/c1-7(2)9-5-8(6-11(15)17-9)12(20)19-13-16-4-3-10(14)18-13/h3-7H,1-2H3,(H,16,18,19,20). The second-order valence-electron chi connectivity index (χ2n) is 4.42. The van der Waals surface area contributed by atoms with Crippen LogP contribution in [-0.4, -0.2) is 20.9 Å². The minimum atomic E-state index is -0.363. The van der Waals surface area contributed by atoms with Crippen LogP contribution < -0.4 is 5.32 Å². The Balaban J connectivity index is 2.25. The minimum absolute atomic E-state index is 0.140. The molecule has 0 aromatic carbocycles. The summed E-state index contributed by atoms with van der Waals surface area (Å²) in [5.74, 6) is -0.0531. The topological polar surface area (TPSA) is 67.8 Å². The number of amides is 1. The van der Waals surface area contributed by atoms with E-state index in [1.165, 1.54) is 18.3 Å². The lowest BCUT2D eigenvalue weighted by Crippen LogP contribution is -2.15. The predicted octanol–water partition coefficient (Wildman–Crippen LogP) is 3.55. The molecule has 2 heterocycles. The number of hydrogen-bond donors (Lipinski definition) is 1. The van der Waals surface area contributed by atoms with Gasteiger partial charge in [-0.1, -0.05) is 37.0 Å². The van der Waals surface area contributed by atoms with Gasteiger partial charge in [-0.15, -0.1) is 0 Å². The molecule has 0 radical (unpaired) electrons. The van der Waals surface area contributed by atoms with Crippen LogP contribution in [0, 0.1) is 0 Å². The molecular formula is C13H12Cl2N4O. The second-order valence-corrected chi connectivity index (χ2v) is 5.19. The van der Waals surface area contributed by atoms with Crippen molar-refractivity contribution in [2.24, 2.45) is 0 Å². The first-order valence-corrected chi connectivity index (χ1v) is 6.68. The Hall–Kier alpha value is -1.72. The van der Waals surface area contributed by atoms with Gasteiger partial charge in [0, 0.05) is 17.5 Å². The third-order valence-corrected chi connectivity index (χ3v) is 2.92. The molecule has 0 aliphatic heterocycles. The number of aromatic nitrogens is 3. The van der Waals surface area contributed by atoms with E-state index in [1.54, 1.807) is 6.07 Å². The number of carbonyl (C=O) groups is 1. The summed E-state index contributed by atoms with van der Waals surface area (Å²) in [4.78, 5) is 24.1. The van der Waals surface area contributed by atoms with Gasteiger partial charge in [-0.25, -0.2) is 15.0 Å². The molecule has 2 rings (SSSR count). The molecule has 2 aromatic heterocycles. The Morgan fingerprint density at radius 1 is 1.20 bits per heavy atom. The molecule has 5 nitrogen and oxygen atoms in total. The molecule has 20 heavy (non-hydrogen) atoms. The zero-order valence-electron chi connectivity index (χ0n) is 10.9. The van der Waals surface area contributed by atoms with E-state index in [9.17, 15) is 4.79 Å². The monoisotopic (exact) mass is 310 g/mol. The van der Waals surface area contributed by atoms with E-state index in [2.05, 4.69) is 20.3 Å². The molecule has 0 bridgehead atoms. The highest BCUT2D eigenvalue weighted by molar-refractivity contribution is 6.30. The first-order valence-electron chi connectivity index (χ1n) is 5.93. The van der Waals surface area contributed by atoms with Crippen molar-refractivity contribution >= 4 is 35.1 Å². The van der Waals surface area contributed by atoms with Crippen molar-refractivity contribution in [3.63, 3.8) is 0 Å². The molecular weight excluding hydrogens is 299 g/mol. The SMILES string of the molecule is CC(C)c1cc(C(=O)Nc2nccc(Cl)n2)cc(Cl)n1. The Bertz CT molecular complexity index is 646. The quantitative estimate of drug-likeness (QED) is 0.695. The lowest BCUT2D eigenvalue weighted by atomic mass is 10.1. The summed E-state index contributed by atoms with van der Waals surface area (Å²) in [6.45, 7) is 3.95. The van der Waals surface area contributed by atoms with Crippen LogP contribution in [0.25, 0.3) is 0 Å². The van der Waals surface area contributed by atoms with Crippen LogP contribution in [0.5, 0.6) is 0 Å². The number of nitrogens with zero attached hydrogens (tertiary/aromatic N) is 3. The van der Waals surface area contributed by atoms with Crippen molar-refractivity contribution in [1.82, 2.24) is 15.0 Å². The van der Waals surface area contributed by atoms with Gasteiger partial charge in [0.2, 0.25) is 5.95 Å². The molecule has 0 atom stereocenters. The molecule has 1 amide bonds. The fraction of sp³-hybridized carbons (Fsp3) is 0.231. The normalized spacial score (nSPS) is 10.7. The summed E-state index contributed by atoms with van der Waals surface area (Å²) >= 11 is 11.7. The summed E-state index contributed by atoms with van der Waals surface area (Å²) in [5.41, 5.74) is 1.15. The van der Waals surface area contributed by atoms with E-state index < -0.39 is 0 Å². The van der Waals surface area contributed by atoms with Crippen molar-refractivity contribution in [2.45, 2.75) is 19.8 Å². The third kappa shape index (κ3) is 3.65. The van der Waals surface area contributed by atoms with Crippen LogP contribution in [0.4, 0.5) is 5.95 Å². The smallest absolute Gasteiger partial charge is 0.258 e. The highest BCUT2D eigenvalue weighted by Gasteiger charge is 2.12. The van der Waals surface area contributed by atoms with Gasteiger partial charge >= 0.3 is 0 Å². The first kappa shape index (κ1) is 14.7. The van der Waals surface area contributed by atoms with Crippen LogP contribution in [0.1, 0.15) is 35.8 Å². The van der Waals surface area contributed by atoms with E-state index in [4.69, 9.17) is 23.2 Å². The number of carbonyl (C=O) groups excluding carboxylic acids is 1. The average Bonchev–Trinajstić information content (AvgIpc) is 2.37. The predicted molar refractivity (Wildman–Crippen MR) is 78.3 cm³/mol. The number of pyridine rings is 1. The van der Waals surface area contributed by atoms with Crippen LogP contribution in [0.3, 0.4) is 0 Å². The maximum atomic E-state index is 12.1. The van der Waals surface area contributed by atoms with Crippen molar-refractivity contribution < 1.29 is 4.79 Å². The van der Waals surface area contributed by atoms with Gasteiger partial charge in [-0.2, -0.15) is 0 Å². The number of halogens is 2. The Morgan fingerprint density at radius 3 is 2.60 bits per heavy atom. The van der Waals surface area contributed by atoms with Gasteiger partial charge in [0.05, 0.1) is 0 Å².